The summed E-state index contributed by atoms with van der Waals surface area (Å²) in [6.45, 7) is 4.11. The molecule has 5 amide bonds. The lowest BCUT2D eigenvalue weighted by atomic mass is 9.99. The SMILES string of the molecule is O=C1CCC(N2C(=O)c3cccc(NCCOCCOCCOCCOCCOCCC(=O)N4CCN(c5ccc(-n6c(=O)ccc7cnc8ccc(-c9ccc%10ccncc%10c9)cc8c76)cc5C(F)(F)F)CC4)c3C2=O)C(=O)N1. The molecule has 22 heteroatoms. The minimum atomic E-state index is -4.75. The van der Waals surface area contributed by atoms with Crippen molar-refractivity contribution in [2.75, 3.05) is 109 Å². The molecule has 416 valence electrons. The van der Waals surface area contributed by atoms with E-state index in [-0.39, 0.29) is 93.7 Å². The number of rotatable bonds is 23. The average Bonchev–Trinajstić information content (AvgIpc) is 3.82. The maximum atomic E-state index is 15.0. The number of halogens is 3. The number of fused-ring (bicyclic) bond motifs is 5. The van der Waals surface area contributed by atoms with Crippen LogP contribution in [0.4, 0.5) is 24.5 Å². The number of imide groups is 2. The predicted octanol–water partition coefficient (Wildman–Crippen LogP) is 6.41. The lowest BCUT2D eigenvalue weighted by Gasteiger charge is -2.37. The predicted molar refractivity (Wildman–Crippen MR) is 290 cm³/mol. The quantitative estimate of drug-likeness (QED) is 0.0403. The molecule has 2 N–H and O–H groups in total. The van der Waals surface area contributed by atoms with E-state index in [0.717, 1.165) is 32.9 Å². The van der Waals surface area contributed by atoms with E-state index in [9.17, 15) is 41.9 Å². The molecule has 2 saturated heterocycles. The van der Waals surface area contributed by atoms with Crippen molar-refractivity contribution in [3.8, 4) is 16.8 Å². The van der Waals surface area contributed by atoms with Crippen LogP contribution in [-0.2, 0) is 44.2 Å². The van der Waals surface area contributed by atoms with E-state index >= 15 is 0 Å². The molecule has 1 unspecified atom stereocenters. The molecule has 0 aliphatic carbocycles. The highest BCUT2D eigenvalue weighted by Crippen LogP contribution is 2.40. The minimum absolute atomic E-state index is 0.0345. The average molecular weight is 1100 g/mol. The van der Waals surface area contributed by atoms with E-state index in [1.807, 2.05) is 42.5 Å². The van der Waals surface area contributed by atoms with Crippen LogP contribution in [0.3, 0.4) is 0 Å². The van der Waals surface area contributed by atoms with Crippen molar-refractivity contribution in [3.63, 3.8) is 0 Å². The molecule has 10 rings (SSSR count). The van der Waals surface area contributed by atoms with Crippen LogP contribution in [0.5, 0.6) is 0 Å². The van der Waals surface area contributed by atoms with Crippen molar-refractivity contribution in [3.05, 3.63) is 137 Å². The fourth-order valence-electron chi connectivity index (χ4n) is 10.2. The van der Waals surface area contributed by atoms with Crippen molar-refractivity contribution >= 4 is 73.5 Å². The summed E-state index contributed by atoms with van der Waals surface area (Å²) in [6.07, 6.45) is 0.585. The van der Waals surface area contributed by atoms with Gasteiger partial charge in [-0.05, 0) is 83.6 Å². The number of carbonyl (C=O) groups excluding carboxylic acids is 5. The normalized spacial score (nSPS) is 15.8. The van der Waals surface area contributed by atoms with Crippen LogP contribution in [0.15, 0.2) is 114 Å². The first kappa shape index (κ1) is 55.2. The number of ether oxygens (including phenoxy) is 5. The van der Waals surface area contributed by atoms with Crippen molar-refractivity contribution in [1.82, 2.24) is 29.7 Å². The number of benzene rings is 4. The van der Waals surface area contributed by atoms with Crippen molar-refractivity contribution < 1.29 is 60.8 Å². The number of nitrogens with zero attached hydrogens (tertiary/aromatic N) is 6. The van der Waals surface area contributed by atoms with E-state index in [4.69, 9.17) is 23.7 Å². The zero-order valence-electron chi connectivity index (χ0n) is 43.5. The third-order valence-corrected chi connectivity index (χ3v) is 14.2. The van der Waals surface area contributed by atoms with Gasteiger partial charge in [0.15, 0.2) is 0 Å². The molecule has 3 aromatic heterocycles. The lowest BCUT2D eigenvalue weighted by Crippen LogP contribution is -2.54. The van der Waals surface area contributed by atoms with Gasteiger partial charge >= 0.3 is 6.18 Å². The first-order valence-electron chi connectivity index (χ1n) is 26.3. The highest BCUT2D eigenvalue weighted by Gasteiger charge is 2.45. The molecule has 0 bridgehead atoms. The van der Waals surface area contributed by atoms with E-state index in [0.29, 0.717) is 80.3 Å². The van der Waals surface area contributed by atoms with Crippen LogP contribution >= 0.6 is 0 Å². The van der Waals surface area contributed by atoms with Crippen molar-refractivity contribution in [1.29, 1.82) is 0 Å². The van der Waals surface area contributed by atoms with E-state index < -0.39 is 47.0 Å². The number of carbonyl (C=O) groups is 5. The molecule has 80 heavy (non-hydrogen) atoms. The van der Waals surface area contributed by atoms with Gasteiger partial charge in [-0.2, -0.15) is 13.2 Å². The molecule has 4 aromatic carbocycles. The Morgan fingerprint density at radius 2 is 1.38 bits per heavy atom. The molecule has 0 radical (unpaired) electrons. The Bertz CT molecular complexity index is 3530. The Balaban J connectivity index is 0.603. The molecule has 7 aromatic rings. The highest BCUT2D eigenvalue weighted by atomic mass is 19.4. The van der Waals surface area contributed by atoms with Gasteiger partial charge in [0, 0.05) is 91.3 Å². The monoisotopic (exact) mass is 1100 g/mol. The van der Waals surface area contributed by atoms with Crippen LogP contribution < -0.4 is 21.1 Å². The zero-order chi connectivity index (χ0) is 55.8. The number of alkyl halides is 3. The van der Waals surface area contributed by atoms with E-state index in [2.05, 4.69) is 20.6 Å². The van der Waals surface area contributed by atoms with Gasteiger partial charge in [0.05, 0.1) is 106 Å². The lowest BCUT2D eigenvalue weighted by molar-refractivity contribution is -0.138. The Kier molecular flexibility index (Phi) is 17.2. The number of anilines is 2. The fourth-order valence-corrected chi connectivity index (χ4v) is 10.2. The number of amides is 5. The third-order valence-electron chi connectivity index (χ3n) is 14.2. The fraction of sp³-hybridized carbons (Fsp3) is 0.345. The molecule has 2 fully saturated rings. The summed E-state index contributed by atoms with van der Waals surface area (Å²) in [5.74, 6) is -2.44. The topological polar surface area (TPSA) is 213 Å². The number of pyridine rings is 3. The van der Waals surface area contributed by atoms with Gasteiger partial charge in [0.2, 0.25) is 17.7 Å². The summed E-state index contributed by atoms with van der Waals surface area (Å²) in [4.78, 5) is 90.0. The van der Waals surface area contributed by atoms with Crippen LogP contribution in [0, 0.1) is 0 Å². The van der Waals surface area contributed by atoms with Gasteiger partial charge in [0.25, 0.3) is 17.4 Å². The summed E-state index contributed by atoms with van der Waals surface area (Å²) in [5.41, 5.74) is 2.22. The van der Waals surface area contributed by atoms with Crippen LogP contribution in [0.1, 0.15) is 45.5 Å². The van der Waals surface area contributed by atoms with Crippen LogP contribution in [0.25, 0.3) is 49.4 Å². The smallest absolute Gasteiger partial charge is 0.382 e. The summed E-state index contributed by atoms with van der Waals surface area (Å²) < 4.78 is 74.1. The summed E-state index contributed by atoms with van der Waals surface area (Å²) in [7, 11) is 0. The summed E-state index contributed by atoms with van der Waals surface area (Å²) >= 11 is 0. The van der Waals surface area contributed by atoms with Crippen LogP contribution in [-0.4, -0.2) is 159 Å². The van der Waals surface area contributed by atoms with E-state index in [1.54, 1.807) is 46.6 Å². The van der Waals surface area contributed by atoms with Gasteiger partial charge in [-0.25, -0.2) is 0 Å². The third kappa shape index (κ3) is 12.3. The first-order chi connectivity index (χ1) is 38.8. The number of hydrogen-bond acceptors (Lipinski definition) is 15. The number of nitrogens with one attached hydrogen (secondary N) is 2. The van der Waals surface area contributed by atoms with Gasteiger partial charge in [-0.15, -0.1) is 0 Å². The van der Waals surface area contributed by atoms with Crippen LogP contribution in [0.2, 0.25) is 0 Å². The van der Waals surface area contributed by atoms with Gasteiger partial charge in [-0.1, -0.05) is 24.3 Å². The Morgan fingerprint density at radius 3 is 2.10 bits per heavy atom. The van der Waals surface area contributed by atoms with Gasteiger partial charge in [0.1, 0.15) is 6.04 Å². The molecule has 6 heterocycles. The molecule has 3 aliphatic rings. The van der Waals surface area contributed by atoms with Gasteiger partial charge in [-0.3, -0.25) is 53.5 Å². The Morgan fingerprint density at radius 1 is 0.688 bits per heavy atom. The maximum absolute atomic E-state index is 15.0. The zero-order valence-corrected chi connectivity index (χ0v) is 43.5. The van der Waals surface area contributed by atoms with Crippen molar-refractivity contribution in [2.24, 2.45) is 0 Å². The number of piperidine rings is 1. The Labute approximate surface area is 456 Å². The minimum Gasteiger partial charge on any atom is -0.382 e. The molecule has 3 aliphatic heterocycles. The number of hydrogen-bond donors (Lipinski definition) is 2. The van der Waals surface area contributed by atoms with E-state index in [1.165, 1.54) is 28.8 Å². The largest absolute Gasteiger partial charge is 0.418 e. The second-order valence-electron chi connectivity index (χ2n) is 19.2. The summed E-state index contributed by atoms with van der Waals surface area (Å²) in [6, 6.07) is 24.3. The highest BCUT2D eigenvalue weighted by molar-refractivity contribution is 6.25. The Hall–Kier alpha value is -8.15. The maximum Gasteiger partial charge on any atom is 0.418 e. The molecular formula is C58H57F3N8O11. The second-order valence-corrected chi connectivity index (χ2v) is 19.2. The first-order valence-corrected chi connectivity index (χ1v) is 26.3. The molecule has 0 saturated carbocycles. The standard InChI is InChI=1S/C58H57F3N8O11/c59-58(60,61)45-34-42(68-52(72)13-7-40-36-64-46-9-6-39(33-44(46)54(40)68)38-5-4-37-14-16-62-35-41(37)32-38)8-10-48(45)66-18-20-67(21-19-66)51(71)15-22-76-24-26-78-28-30-80-31-29-79-27-25-77-23-17-63-47-3-1-2-43-53(47)57(75)69(56(43)74)49-11-12-50(70)65-55(49)73/h1-10,13-14,16,32-36,49,63H,11-12,15,17-31H2,(H,65,70,73). The van der Waals surface area contributed by atoms with Gasteiger partial charge < -0.3 is 38.8 Å². The molecule has 19 nitrogen and oxygen atoms in total. The molecule has 1 atom stereocenters. The number of aromatic nitrogens is 3. The number of piperazine rings is 1. The summed E-state index contributed by atoms with van der Waals surface area (Å²) in [5, 5.41) is 8.48. The molecular weight excluding hydrogens is 1040 g/mol. The van der Waals surface area contributed by atoms with Crippen molar-refractivity contribution in [2.45, 2.75) is 31.5 Å². The molecule has 0 spiro atoms. The second kappa shape index (κ2) is 24.9.